The van der Waals surface area contributed by atoms with Gasteiger partial charge in [0.25, 0.3) is 0 Å². The highest BCUT2D eigenvalue weighted by Crippen LogP contribution is 2.56. The zero-order valence-corrected chi connectivity index (χ0v) is 8.65. The lowest BCUT2D eigenvalue weighted by Crippen LogP contribution is -2.01. The second-order valence-corrected chi connectivity index (χ2v) is 6.41. The lowest BCUT2D eigenvalue weighted by atomic mass is 10.4. The highest BCUT2D eigenvalue weighted by atomic mass is 32.7. The minimum absolute atomic E-state index is 0.363. The third-order valence-corrected chi connectivity index (χ3v) is 5.83. The average Bonchev–Trinajstić information content (AvgIpc) is 2.54. The van der Waals surface area contributed by atoms with Crippen LogP contribution in [0, 0.1) is 0 Å². The van der Waals surface area contributed by atoms with Crippen LogP contribution in [0.5, 0.6) is 0 Å². The summed E-state index contributed by atoms with van der Waals surface area (Å²) in [5.41, 5.74) is 0. The van der Waals surface area contributed by atoms with Crippen molar-refractivity contribution in [3.8, 4) is 0 Å². The van der Waals surface area contributed by atoms with Crippen LogP contribution in [0.4, 0.5) is 0 Å². The molecule has 0 bridgehead atoms. The molecule has 2 atom stereocenters. The maximum Gasteiger partial charge on any atom is 0.121 e. The van der Waals surface area contributed by atoms with Crippen molar-refractivity contribution < 1.29 is 4.52 Å². The van der Waals surface area contributed by atoms with Crippen LogP contribution in [0.15, 0.2) is 30.3 Å². The highest BCUT2D eigenvalue weighted by molar-refractivity contribution is 8.56. The van der Waals surface area contributed by atoms with Crippen molar-refractivity contribution in [2.24, 2.45) is 0 Å². The predicted octanol–water partition coefficient (Wildman–Crippen LogP) is 2.78. The molecule has 1 aromatic carbocycles. The van der Waals surface area contributed by atoms with Crippen LogP contribution in [0.1, 0.15) is 6.92 Å². The van der Waals surface area contributed by atoms with Crippen LogP contribution in [0.25, 0.3) is 0 Å². The fourth-order valence-corrected chi connectivity index (χ4v) is 5.22. The van der Waals surface area contributed by atoms with E-state index in [-0.39, 0.29) is 7.35 Å². The molecule has 0 aliphatic carbocycles. The molecule has 0 radical (unpaired) electrons. The zero-order valence-electron chi connectivity index (χ0n) is 6.93. The van der Waals surface area contributed by atoms with Gasteiger partial charge in [-0.25, -0.2) is 0 Å². The standard InChI is InChI=1S/C9H11OPS/c1-8-7-12-11(10-8)9-5-3-2-4-6-9/h2-6,8H,7H2,1H3/t8-,11+/m1/s1. The molecule has 1 saturated heterocycles. The molecule has 1 aromatic rings. The number of hydrogen-bond acceptors (Lipinski definition) is 2. The van der Waals surface area contributed by atoms with Crippen LogP contribution in [-0.4, -0.2) is 11.9 Å². The lowest BCUT2D eigenvalue weighted by Gasteiger charge is -2.08. The van der Waals surface area contributed by atoms with Gasteiger partial charge < -0.3 is 4.52 Å². The molecular formula is C9H11OPS. The van der Waals surface area contributed by atoms with Crippen molar-refractivity contribution in [1.29, 1.82) is 0 Å². The van der Waals surface area contributed by atoms with E-state index in [1.54, 1.807) is 0 Å². The van der Waals surface area contributed by atoms with Crippen LogP contribution < -0.4 is 5.30 Å². The molecule has 2 rings (SSSR count). The molecule has 1 aliphatic heterocycles. The van der Waals surface area contributed by atoms with E-state index in [1.807, 2.05) is 17.4 Å². The predicted molar refractivity (Wildman–Crippen MR) is 56.0 cm³/mol. The molecule has 1 nitrogen and oxygen atoms in total. The van der Waals surface area contributed by atoms with Crippen molar-refractivity contribution in [3.05, 3.63) is 30.3 Å². The first-order valence-electron chi connectivity index (χ1n) is 4.01. The Morgan fingerprint density at radius 1 is 1.42 bits per heavy atom. The maximum atomic E-state index is 5.78. The fourth-order valence-electron chi connectivity index (χ4n) is 1.08. The van der Waals surface area contributed by atoms with Gasteiger partial charge in [-0.05, 0) is 6.92 Å². The SMILES string of the molecule is C[C@@H]1CS[P@@](c2ccccc2)O1. The molecule has 1 fully saturated rings. The van der Waals surface area contributed by atoms with Gasteiger partial charge in [0, 0.05) is 11.1 Å². The van der Waals surface area contributed by atoms with Gasteiger partial charge in [0.15, 0.2) is 0 Å². The van der Waals surface area contributed by atoms with Crippen LogP contribution >= 0.6 is 18.7 Å². The molecule has 0 N–H and O–H groups in total. The Morgan fingerprint density at radius 3 is 2.75 bits per heavy atom. The summed E-state index contributed by atoms with van der Waals surface area (Å²) in [4.78, 5) is 0. The first kappa shape index (κ1) is 8.55. The van der Waals surface area contributed by atoms with Crippen molar-refractivity contribution in [3.63, 3.8) is 0 Å². The van der Waals surface area contributed by atoms with Gasteiger partial charge in [-0.2, -0.15) is 0 Å². The molecule has 1 aliphatic rings. The van der Waals surface area contributed by atoms with E-state index in [9.17, 15) is 0 Å². The summed E-state index contributed by atoms with van der Waals surface area (Å²) < 4.78 is 5.78. The Kier molecular flexibility index (Phi) is 2.69. The van der Waals surface area contributed by atoms with Crippen LogP contribution in [0.2, 0.25) is 0 Å². The van der Waals surface area contributed by atoms with E-state index in [4.69, 9.17) is 4.52 Å². The van der Waals surface area contributed by atoms with Crippen LogP contribution in [0.3, 0.4) is 0 Å². The summed E-state index contributed by atoms with van der Waals surface area (Å²) >= 11 is 1.95. The second-order valence-electron chi connectivity index (χ2n) is 2.80. The van der Waals surface area contributed by atoms with Crippen molar-refractivity contribution >= 4 is 24.0 Å². The van der Waals surface area contributed by atoms with Gasteiger partial charge in [0.1, 0.15) is 7.35 Å². The third kappa shape index (κ3) is 1.82. The largest absolute Gasteiger partial charge is 0.340 e. The molecular weight excluding hydrogens is 187 g/mol. The maximum absolute atomic E-state index is 5.78. The van der Waals surface area contributed by atoms with E-state index in [0.29, 0.717) is 6.10 Å². The van der Waals surface area contributed by atoms with Crippen molar-refractivity contribution in [2.45, 2.75) is 13.0 Å². The lowest BCUT2D eigenvalue weighted by molar-refractivity contribution is 0.293. The molecule has 0 aromatic heterocycles. The second kappa shape index (κ2) is 3.78. The summed E-state index contributed by atoms with van der Waals surface area (Å²) in [6.45, 7) is 2.14. The molecule has 3 heteroatoms. The quantitative estimate of drug-likeness (QED) is 0.642. The van der Waals surface area contributed by atoms with Gasteiger partial charge in [0.2, 0.25) is 0 Å². The number of rotatable bonds is 1. The summed E-state index contributed by atoms with van der Waals surface area (Å²) in [7, 11) is -0.363. The minimum Gasteiger partial charge on any atom is -0.340 e. The van der Waals surface area contributed by atoms with Gasteiger partial charge in [-0.15, -0.1) is 0 Å². The highest BCUT2D eigenvalue weighted by Gasteiger charge is 2.23. The minimum atomic E-state index is -0.363. The van der Waals surface area contributed by atoms with E-state index >= 15 is 0 Å². The Balaban J connectivity index is 2.11. The fraction of sp³-hybridized carbons (Fsp3) is 0.333. The Bertz CT molecular complexity index is 252. The van der Waals surface area contributed by atoms with E-state index in [0.717, 1.165) is 5.75 Å². The van der Waals surface area contributed by atoms with Crippen LogP contribution in [-0.2, 0) is 4.52 Å². The zero-order chi connectivity index (χ0) is 8.39. The third-order valence-electron chi connectivity index (χ3n) is 1.67. The number of benzene rings is 1. The average molecular weight is 198 g/mol. The summed E-state index contributed by atoms with van der Waals surface area (Å²) in [5, 5.41) is 1.35. The van der Waals surface area contributed by atoms with Gasteiger partial charge in [0.05, 0.1) is 6.10 Å². The Labute approximate surface area is 78.1 Å². The first-order chi connectivity index (χ1) is 5.86. The van der Waals surface area contributed by atoms with Gasteiger partial charge in [-0.3, -0.25) is 0 Å². The van der Waals surface area contributed by atoms with E-state index < -0.39 is 0 Å². The van der Waals surface area contributed by atoms with E-state index in [1.165, 1.54) is 5.30 Å². The summed E-state index contributed by atoms with van der Waals surface area (Å²) in [6, 6.07) is 10.5. The summed E-state index contributed by atoms with van der Waals surface area (Å²) in [5.74, 6) is 1.14. The monoisotopic (exact) mass is 198 g/mol. The smallest absolute Gasteiger partial charge is 0.121 e. The van der Waals surface area contributed by atoms with Crippen molar-refractivity contribution in [2.75, 3.05) is 5.75 Å². The molecule has 0 amide bonds. The van der Waals surface area contributed by atoms with Gasteiger partial charge >= 0.3 is 0 Å². The Morgan fingerprint density at radius 2 is 2.17 bits per heavy atom. The molecule has 0 spiro atoms. The number of hydrogen-bond donors (Lipinski definition) is 0. The molecule has 1 heterocycles. The topological polar surface area (TPSA) is 9.23 Å². The molecule has 0 unspecified atom stereocenters. The van der Waals surface area contributed by atoms with Gasteiger partial charge in [-0.1, -0.05) is 41.7 Å². The Hall–Kier alpha value is -0.0400. The molecule has 12 heavy (non-hydrogen) atoms. The molecule has 0 saturated carbocycles. The summed E-state index contributed by atoms with van der Waals surface area (Å²) in [6.07, 6.45) is 0.432. The van der Waals surface area contributed by atoms with Crippen molar-refractivity contribution in [1.82, 2.24) is 0 Å². The molecule has 64 valence electrons. The normalized spacial score (nSPS) is 29.1. The van der Waals surface area contributed by atoms with E-state index in [2.05, 4.69) is 31.2 Å². The first-order valence-corrected chi connectivity index (χ1v) is 6.86.